The SMILES string of the molecule is C=CCC(C[C@](CO[C@H](C)c1cc(C(F)(F)F)cc(C(F)(F)F)c1)(NC(=O)OCc1ccccc1)c1ccccc1)NC.CC1C=CN(C(=O)OCc2ccccc2)[C@](CO[C@H](C)c2cc(C(F)(F)F)cc(C(F)(F)F)c2)(c2ccccc2)C1. The van der Waals surface area contributed by atoms with Gasteiger partial charge in [-0.3, -0.25) is 4.90 Å². The van der Waals surface area contributed by atoms with E-state index in [1.54, 1.807) is 116 Å². The predicted octanol–water partition coefficient (Wildman–Crippen LogP) is 17.1. The molecule has 21 heteroatoms. The molecule has 6 atom stereocenters. The van der Waals surface area contributed by atoms with Crippen LogP contribution in [0.25, 0.3) is 0 Å². The Morgan fingerprint density at radius 3 is 1.49 bits per heavy atom. The van der Waals surface area contributed by atoms with Crippen molar-refractivity contribution in [1.82, 2.24) is 15.5 Å². The van der Waals surface area contributed by atoms with Crippen molar-refractivity contribution in [2.24, 2.45) is 5.92 Å². The number of carbonyl (C=O) groups is 2. The number of benzene rings is 6. The molecule has 9 nitrogen and oxygen atoms in total. The minimum atomic E-state index is -5.00. The molecule has 0 aromatic heterocycles. The highest BCUT2D eigenvalue weighted by molar-refractivity contribution is 5.71. The number of alkyl carbamates (subject to hydrolysis) is 1. The normalized spacial score (nSPS) is 17.4. The Hall–Kier alpha value is -7.62. The number of rotatable bonds is 20. The number of ether oxygens (including phenoxy) is 4. The Labute approximate surface area is 479 Å². The second-order valence-electron chi connectivity index (χ2n) is 20.3. The van der Waals surface area contributed by atoms with E-state index in [0.717, 1.165) is 11.1 Å². The molecule has 0 bridgehead atoms. The second-order valence-corrected chi connectivity index (χ2v) is 20.3. The summed E-state index contributed by atoms with van der Waals surface area (Å²) in [6, 6.07) is 38.3. The number of hydrogen-bond acceptors (Lipinski definition) is 7. The van der Waals surface area contributed by atoms with Crippen molar-refractivity contribution in [3.8, 4) is 0 Å². The van der Waals surface area contributed by atoms with Crippen molar-refractivity contribution in [2.75, 3.05) is 20.3 Å². The third-order valence-corrected chi connectivity index (χ3v) is 14.0. The van der Waals surface area contributed by atoms with Crippen molar-refractivity contribution in [1.29, 1.82) is 0 Å². The van der Waals surface area contributed by atoms with Crippen LogP contribution in [0.4, 0.5) is 62.3 Å². The molecule has 2 N–H and O–H groups in total. The molecule has 2 amide bonds. The number of amides is 2. The fourth-order valence-electron chi connectivity index (χ4n) is 9.52. The van der Waals surface area contributed by atoms with Crippen LogP contribution < -0.4 is 10.6 Å². The lowest BCUT2D eigenvalue weighted by molar-refractivity contribution is -0.145. The van der Waals surface area contributed by atoms with Crippen LogP contribution in [0.5, 0.6) is 0 Å². The quantitative estimate of drug-likeness (QED) is 0.0580. The van der Waals surface area contributed by atoms with Crippen LogP contribution in [-0.4, -0.2) is 43.4 Å². The van der Waals surface area contributed by atoms with Crippen molar-refractivity contribution in [3.05, 3.63) is 238 Å². The summed E-state index contributed by atoms with van der Waals surface area (Å²) >= 11 is 0. The molecular formula is C63H63F12N3O6. The second kappa shape index (κ2) is 28.3. The van der Waals surface area contributed by atoms with Crippen LogP contribution in [0.15, 0.2) is 183 Å². The minimum absolute atomic E-state index is 0.00610. The Kier molecular flexibility index (Phi) is 22.1. The van der Waals surface area contributed by atoms with Gasteiger partial charge in [-0.05, 0) is 116 Å². The highest BCUT2D eigenvalue weighted by Crippen LogP contribution is 2.44. The van der Waals surface area contributed by atoms with E-state index in [2.05, 4.69) is 17.2 Å². The van der Waals surface area contributed by atoms with Crippen LogP contribution >= 0.6 is 0 Å². The number of carbonyl (C=O) groups excluding carboxylic acids is 2. The van der Waals surface area contributed by atoms with E-state index in [1.165, 1.54) is 18.7 Å². The molecule has 2 unspecified atom stereocenters. The first kappa shape index (κ1) is 65.5. The van der Waals surface area contributed by atoms with Crippen molar-refractivity contribution in [2.45, 2.75) is 107 Å². The van der Waals surface area contributed by atoms with Crippen molar-refractivity contribution < 1.29 is 81.2 Å². The third kappa shape index (κ3) is 17.9. The van der Waals surface area contributed by atoms with E-state index in [4.69, 9.17) is 18.9 Å². The average Bonchev–Trinajstić information content (AvgIpc) is 2.84. The predicted molar refractivity (Wildman–Crippen MR) is 291 cm³/mol. The van der Waals surface area contributed by atoms with Gasteiger partial charge in [0.2, 0.25) is 0 Å². The molecule has 450 valence electrons. The highest BCUT2D eigenvalue weighted by atomic mass is 19.4. The van der Waals surface area contributed by atoms with Gasteiger partial charge >= 0.3 is 36.9 Å². The summed E-state index contributed by atoms with van der Waals surface area (Å²) in [7, 11) is 1.72. The lowest BCUT2D eigenvalue weighted by atomic mass is 9.79. The zero-order chi connectivity index (χ0) is 61.5. The largest absolute Gasteiger partial charge is 0.445 e. The number of allylic oxidation sites excluding steroid dienone is 1. The summed E-state index contributed by atoms with van der Waals surface area (Å²) in [6.45, 7) is 7.92. The zero-order valence-corrected chi connectivity index (χ0v) is 46.1. The van der Waals surface area contributed by atoms with Gasteiger partial charge < -0.3 is 29.6 Å². The molecule has 0 saturated heterocycles. The smallest absolute Gasteiger partial charge is 0.416 e. The summed E-state index contributed by atoms with van der Waals surface area (Å²) in [4.78, 5) is 28.0. The third-order valence-electron chi connectivity index (χ3n) is 14.0. The number of alkyl halides is 12. The minimum Gasteiger partial charge on any atom is -0.445 e. The number of halogens is 12. The van der Waals surface area contributed by atoms with E-state index in [1.807, 2.05) is 37.3 Å². The van der Waals surface area contributed by atoms with E-state index in [-0.39, 0.29) is 68.1 Å². The van der Waals surface area contributed by atoms with Gasteiger partial charge in [-0.2, -0.15) is 52.7 Å². The molecule has 1 heterocycles. The van der Waals surface area contributed by atoms with Gasteiger partial charge in [-0.25, -0.2) is 9.59 Å². The van der Waals surface area contributed by atoms with Gasteiger partial charge in [0.1, 0.15) is 13.2 Å². The molecule has 6 aromatic carbocycles. The molecule has 84 heavy (non-hydrogen) atoms. The Morgan fingerprint density at radius 2 is 1.05 bits per heavy atom. The van der Waals surface area contributed by atoms with E-state index >= 15 is 0 Å². The summed E-state index contributed by atoms with van der Waals surface area (Å²) < 4.78 is 185. The molecule has 0 saturated carbocycles. The van der Waals surface area contributed by atoms with Gasteiger partial charge in [0.05, 0.1) is 58.8 Å². The molecular weight excluding hydrogens is 1120 g/mol. The summed E-state index contributed by atoms with van der Waals surface area (Å²) in [5.41, 5.74) is -5.96. The zero-order valence-electron chi connectivity index (χ0n) is 46.1. The highest BCUT2D eigenvalue weighted by Gasteiger charge is 2.46. The first-order chi connectivity index (χ1) is 39.6. The standard InChI is InChI=1S/C32H34F6N2O3.C31H29F6NO3/c1-4-11-28(39-3)19-30(25-14-9-6-10-15-25,40-29(41)42-20-23-12-7-5-8-13-23)21-43-22(2)24-16-26(31(33,34)35)18-27(17-24)32(36,37)38;1-21-13-14-38(28(39)40-19-23-9-5-3-6-10-23)29(18-21,25-11-7-4-8-12-25)20-41-22(2)24-15-26(30(32,33)34)17-27(16-24)31(35,36)37/h4-10,12-18,22,28,39H,1,11,19-21H2,2-3H3,(H,40,41);3-17,21-22H,18-20H2,1-2H3/t22-,28?,30-;21?,22-,29-/m11/s1. The molecule has 1 aliphatic rings. The molecule has 0 spiro atoms. The fourth-order valence-corrected chi connectivity index (χ4v) is 9.52. The van der Waals surface area contributed by atoms with Crippen LogP contribution in [-0.2, 0) is 67.9 Å². The van der Waals surface area contributed by atoms with Gasteiger partial charge in [-0.15, -0.1) is 6.58 Å². The van der Waals surface area contributed by atoms with E-state index < -0.39 is 82.4 Å². The van der Waals surface area contributed by atoms with Crippen LogP contribution in [0.2, 0.25) is 0 Å². The fraction of sp³-hybridized carbons (Fsp3) is 0.333. The maximum absolute atomic E-state index is 13.5. The van der Waals surface area contributed by atoms with Crippen LogP contribution in [0.1, 0.15) is 108 Å². The summed E-state index contributed by atoms with van der Waals surface area (Å²) in [5, 5.41) is 6.06. The maximum atomic E-state index is 13.5. The van der Waals surface area contributed by atoms with Crippen molar-refractivity contribution in [3.63, 3.8) is 0 Å². The Balaban J connectivity index is 0.000000270. The van der Waals surface area contributed by atoms with Gasteiger partial charge in [0.15, 0.2) is 0 Å². The molecule has 0 fully saturated rings. The van der Waals surface area contributed by atoms with Crippen LogP contribution in [0, 0.1) is 5.92 Å². The Bertz CT molecular complexity index is 3040. The number of hydrogen-bond donors (Lipinski definition) is 2. The lowest BCUT2D eigenvalue weighted by Crippen LogP contribution is -2.53. The first-order valence-electron chi connectivity index (χ1n) is 26.4. The van der Waals surface area contributed by atoms with Gasteiger partial charge in [0.25, 0.3) is 0 Å². The summed E-state index contributed by atoms with van der Waals surface area (Å²) in [6.07, 6.45) is -17.6. The molecule has 0 radical (unpaired) electrons. The monoisotopic (exact) mass is 1190 g/mol. The first-order valence-corrected chi connectivity index (χ1v) is 26.4. The van der Waals surface area contributed by atoms with Crippen molar-refractivity contribution >= 4 is 12.2 Å². The van der Waals surface area contributed by atoms with Crippen LogP contribution in [0.3, 0.4) is 0 Å². The summed E-state index contributed by atoms with van der Waals surface area (Å²) in [5.74, 6) is -0.0299. The maximum Gasteiger partial charge on any atom is 0.416 e. The molecule has 0 aliphatic carbocycles. The molecule has 7 rings (SSSR count). The topological polar surface area (TPSA) is 98.4 Å². The number of nitrogens with zero attached hydrogens (tertiary/aromatic N) is 1. The van der Waals surface area contributed by atoms with Gasteiger partial charge in [-0.1, -0.05) is 140 Å². The molecule has 6 aromatic rings. The molecule has 1 aliphatic heterocycles. The average molecular weight is 1190 g/mol. The van der Waals surface area contributed by atoms with Gasteiger partial charge in [0, 0.05) is 12.2 Å². The lowest BCUT2D eigenvalue weighted by Gasteiger charge is -2.46. The Morgan fingerprint density at radius 1 is 0.619 bits per heavy atom. The number of nitrogens with one attached hydrogen (secondary N) is 2. The van der Waals surface area contributed by atoms with E-state index in [0.29, 0.717) is 48.2 Å². The van der Waals surface area contributed by atoms with E-state index in [9.17, 15) is 62.3 Å².